The molecule has 0 aliphatic rings. The molecule has 0 aromatic heterocycles. The molecule has 0 saturated heterocycles. The molecule has 0 fully saturated rings. The first-order valence-electron chi connectivity index (χ1n) is 6.84. The zero-order valence-corrected chi connectivity index (χ0v) is 13.2. The number of rotatable bonds is 6. The Labute approximate surface area is 121 Å². The molecule has 0 heterocycles. The summed E-state index contributed by atoms with van der Waals surface area (Å²) in [6.45, 7) is 8.53. The number of halogens is 1. The minimum Gasteiger partial charge on any atom is -0.294 e. The lowest BCUT2D eigenvalue weighted by Crippen LogP contribution is -2.42. The highest BCUT2D eigenvalue weighted by Gasteiger charge is 2.23. The normalized spacial score (nSPS) is 14.7. The molecule has 2 unspecified atom stereocenters. The largest absolute Gasteiger partial charge is 0.294 e. The van der Waals surface area contributed by atoms with Crippen LogP contribution in [0.15, 0.2) is 24.3 Å². The molecule has 2 nitrogen and oxygen atoms in total. The second kappa shape index (κ2) is 7.06. The number of benzene rings is 1. The molecule has 2 atom stereocenters. The molecule has 0 radical (unpaired) electrons. The van der Waals surface area contributed by atoms with Gasteiger partial charge in [0.15, 0.2) is 5.78 Å². The van der Waals surface area contributed by atoms with E-state index in [1.165, 1.54) is 0 Å². The highest BCUT2D eigenvalue weighted by atomic mass is 35.5. The van der Waals surface area contributed by atoms with Crippen LogP contribution in [0.25, 0.3) is 0 Å². The van der Waals surface area contributed by atoms with Gasteiger partial charge in [-0.3, -0.25) is 9.69 Å². The van der Waals surface area contributed by atoms with Gasteiger partial charge < -0.3 is 0 Å². The van der Waals surface area contributed by atoms with Crippen LogP contribution < -0.4 is 0 Å². The molecular weight excluding hydrogens is 258 g/mol. The summed E-state index contributed by atoms with van der Waals surface area (Å²) < 4.78 is 0. The van der Waals surface area contributed by atoms with Crippen LogP contribution in [0.2, 0.25) is 5.02 Å². The maximum absolute atomic E-state index is 12.4. The number of Topliss-reactive ketones (excluding diaryl/α,β-unsaturated/α-hetero) is 1. The van der Waals surface area contributed by atoms with E-state index in [0.717, 1.165) is 6.42 Å². The van der Waals surface area contributed by atoms with Gasteiger partial charge in [-0.2, -0.15) is 0 Å². The minimum absolute atomic E-state index is 0.126. The molecule has 0 N–H and O–H groups in total. The van der Waals surface area contributed by atoms with Gasteiger partial charge in [-0.25, -0.2) is 0 Å². The van der Waals surface area contributed by atoms with E-state index in [2.05, 4.69) is 25.7 Å². The molecular formula is C16H24ClNO. The van der Waals surface area contributed by atoms with E-state index in [1.54, 1.807) is 12.1 Å². The Balaban J connectivity index is 2.76. The van der Waals surface area contributed by atoms with Crippen molar-refractivity contribution in [3.05, 3.63) is 34.9 Å². The van der Waals surface area contributed by atoms with Gasteiger partial charge in [-0.15, -0.1) is 0 Å². The molecule has 0 saturated carbocycles. The molecule has 0 spiro atoms. The number of carbonyl (C=O) groups is 1. The number of hydrogen-bond acceptors (Lipinski definition) is 2. The van der Waals surface area contributed by atoms with Gasteiger partial charge in [0.2, 0.25) is 0 Å². The van der Waals surface area contributed by atoms with Gasteiger partial charge in [0, 0.05) is 16.6 Å². The van der Waals surface area contributed by atoms with E-state index in [9.17, 15) is 4.79 Å². The van der Waals surface area contributed by atoms with Crippen LogP contribution in [0, 0.1) is 5.92 Å². The fourth-order valence-electron chi connectivity index (χ4n) is 2.30. The molecule has 1 rings (SSSR count). The van der Waals surface area contributed by atoms with Crippen LogP contribution in [0.3, 0.4) is 0 Å². The average Bonchev–Trinajstić information content (AvgIpc) is 2.35. The maximum atomic E-state index is 12.4. The van der Waals surface area contributed by atoms with Crippen LogP contribution in [-0.2, 0) is 0 Å². The predicted octanol–water partition coefficient (Wildman–Crippen LogP) is 4.28. The summed E-state index contributed by atoms with van der Waals surface area (Å²) in [6, 6.07) is 7.42. The monoisotopic (exact) mass is 281 g/mol. The maximum Gasteiger partial charge on any atom is 0.179 e. The Morgan fingerprint density at radius 1 is 1.26 bits per heavy atom. The summed E-state index contributed by atoms with van der Waals surface area (Å²) in [5.41, 5.74) is 0.684. The van der Waals surface area contributed by atoms with Crippen LogP contribution in [0.1, 0.15) is 44.5 Å². The predicted molar refractivity (Wildman–Crippen MR) is 81.9 cm³/mol. The molecule has 3 heteroatoms. The smallest absolute Gasteiger partial charge is 0.179 e. The summed E-state index contributed by atoms with van der Waals surface area (Å²) in [4.78, 5) is 14.6. The molecule has 0 amide bonds. The quantitative estimate of drug-likeness (QED) is 0.726. The van der Waals surface area contributed by atoms with E-state index in [1.807, 2.05) is 26.1 Å². The summed E-state index contributed by atoms with van der Waals surface area (Å²) in [5.74, 6) is 0.756. The third-order valence-electron chi connectivity index (χ3n) is 3.61. The third-order valence-corrected chi connectivity index (χ3v) is 3.84. The summed E-state index contributed by atoms with van der Waals surface area (Å²) in [6.07, 6.45) is 1.09. The van der Waals surface area contributed by atoms with Gasteiger partial charge >= 0.3 is 0 Å². The average molecular weight is 282 g/mol. The Bertz CT molecular complexity index is 431. The van der Waals surface area contributed by atoms with Crippen LogP contribution in [-0.4, -0.2) is 29.8 Å². The second-order valence-corrected chi connectivity index (χ2v) is 6.13. The van der Waals surface area contributed by atoms with E-state index in [4.69, 9.17) is 11.6 Å². The van der Waals surface area contributed by atoms with Crippen molar-refractivity contribution < 1.29 is 4.79 Å². The molecule has 0 aliphatic carbocycles. The van der Waals surface area contributed by atoms with E-state index in [-0.39, 0.29) is 11.8 Å². The van der Waals surface area contributed by atoms with Crippen molar-refractivity contribution in [2.24, 2.45) is 5.92 Å². The first-order chi connectivity index (χ1) is 8.82. The first-order valence-corrected chi connectivity index (χ1v) is 7.22. The minimum atomic E-state index is -0.132. The lowest BCUT2D eigenvalue weighted by atomic mass is 9.99. The fourth-order valence-corrected chi connectivity index (χ4v) is 2.49. The van der Waals surface area contributed by atoms with Crippen LogP contribution in [0.5, 0.6) is 0 Å². The SMILES string of the molecule is CC(C)CC(C)N(C)C(C)C(=O)c1cccc(Cl)c1. The highest BCUT2D eigenvalue weighted by Crippen LogP contribution is 2.17. The Morgan fingerprint density at radius 3 is 2.42 bits per heavy atom. The van der Waals surface area contributed by atoms with E-state index >= 15 is 0 Å². The number of likely N-dealkylation sites (N-methyl/N-ethyl adjacent to an activating group) is 1. The van der Waals surface area contributed by atoms with Crippen molar-refractivity contribution in [2.75, 3.05) is 7.05 Å². The zero-order valence-electron chi connectivity index (χ0n) is 12.5. The number of ketones is 1. The van der Waals surface area contributed by atoms with Gasteiger partial charge in [0.1, 0.15) is 0 Å². The van der Waals surface area contributed by atoms with Crippen molar-refractivity contribution in [3.8, 4) is 0 Å². The van der Waals surface area contributed by atoms with Gasteiger partial charge in [0.05, 0.1) is 6.04 Å². The molecule has 106 valence electrons. The Hall–Kier alpha value is -0.860. The van der Waals surface area contributed by atoms with Crippen molar-refractivity contribution in [1.82, 2.24) is 4.90 Å². The number of carbonyl (C=O) groups excluding carboxylic acids is 1. The van der Waals surface area contributed by atoms with Crippen molar-refractivity contribution in [1.29, 1.82) is 0 Å². The molecule has 19 heavy (non-hydrogen) atoms. The van der Waals surface area contributed by atoms with Crippen molar-refractivity contribution >= 4 is 17.4 Å². The molecule has 0 aliphatic heterocycles. The van der Waals surface area contributed by atoms with Gasteiger partial charge in [-0.1, -0.05) is 37.6 Å². The standard InChI is InChI=1S/C16H24ClNO/c1-11(2)9-12(3)18(5)13(4)16(19)14-7-6-8-15(17)10-14/h6-8,10-13H,9H2,1-5H3. The topological polar surface area (TPSA) is 20.3 Å². The summed E-state index contributed by atoms with van der Waals surface area (Å²) in [5, 5.41) is 0.607. The fraction of sp³-hybridized carbons (Fsp3) is 0.562. The summed E-state index contributed by atoms with van der Waals surface area (Å²) in [7, 11) is 2.01. The lowest BCUT2D eigenvalue weighted by molar-refractivity contribution is 0.0811. The lowest BCUT2D eigenvalue weighted by Gasteiger charge is -2.31. The Morgan fingerprint density at radius 2 is 1.89 bits per heavy atom. The van der Waals surface area contributed by atoms with Gasteiger partial charge in [0.25, 0.3) is 0 Å². The first kappa shape index (κ1) is 16.2. The third kappa shape index (κ3) is 4.63. The molecule has 0 bridgehead atoms. The van der Waals surface area contributed by atoms with Gasteiger partial charge in [-0.05, 0) is 45.4 Å². The van der Waals surface area contributed by atoms with E-state index in [0.29, 0.717) is 22.5 Å². The molecule has 1 aromatic rings. The summed E-state index contributed by atoms with van der Waals surface area (Å²) >= 11 is 5.94. The second-order valence-electron chi connectivity index (χ2n) is 5.69. The van der Waals surface area contributed by atoms with Crippen molar-refractivity contribution in [2.45, 2.75) is 46.2 Å². The Kier molecular flexibility index (Phi) is 6.02. The van der Waals surface area contributed by atoms with E-state index < -0.39 is 0 Å². The highest BCUT2D eigenvalue weighted by molar-refractivity contribution is 6.31. The number of nitrogens with zero attached hydrogens (tertiary/aromatic N) is 1. The molecule has 1 aromatic carbocycles. The van der Waals surface area contributed by atoms with Crippen LogP contribution >= 0.6 is 11.6 Å². The van der Waals surface area contributed by atoms with Crippen molar-refractivity contribution in [3.63, 3.8) is 0 Å². The van der Waals surface area contributed by atoms with Crippen LogP contribution in [0.4, 0.5) is 0 Å². The zero-order chi connectivity index (χ0) is 14.6. The number of hydrogen-bond donors (Lipinski definition) is 0.